The van der Waals surface area contributed by atoms with Crippen molar-refractivity contribution in [1.82, 2.24) is 0 Å². The molecular weight excluding hydrogens is 642 g/mol. The molecule has 0 aromatic heterocycles. The quantitative estimate of drug-likeness (QED) is 0.0847. The SMILES string of the molecule is O=P(O)(O)O.O=P(O)(O)O.O=P(O)(O)O.O=P(O)(O)O.O=P(O)(O)O.O=P(O)(O)O.[Ca+2].[OH-].[OH-]. The van der Waals surface area contributed by atoms with Crippen LogP contribution in [0.25, 0.3) is 0 Å². The molecule has 0 aliphatic heterocycles. The molecule has 0 aromatic rings. The van der Waals surface area contributed by atoms with E-state index in [0.717, 1.165) is 0 Å². The Hall–Kier alpha value is 1.84. The van der Waals surface area contributed by atoms with Gasteiger partial charge in [-0.2, -0.15) is 0 Å². The van der Waals surface area contributed by atoms with Gasteiger partial charge in [0.15, 0.2) is 0 Å². The first-order valence-corrected chi connectivity index (χ1v) is 14.1. The second kappa shape index (κ2) is 25.5. The average Bonchev–Trinajstić information content (AvgIpc) is 1.94. The summed E-state index contributed by atoms with van der Waals surface area (Å²) < 4.78 is 53.3. The Bertz CT molecular complexity index is 461. The fourth-order valence-electron chi connectivity index (χ4n) is 0. The van der Waals surface area contributed by atoms with Crippen molar-refractivity contribution in [3.8, 4) is 0 Å². The molecule has 0 saturated heterocycles. The molecule has 208 valence electrons. The Balaban J connectivity index is -0.0000000294. The van der Waals surface area contributed by atoms with Gasteiger partial charge in [0, 0.05) is 0 Å². The van der Waals surface area contributed by atoms with Crippen molar-refractivity contribution in [2.45, 2.75) is 0 Å². The van der Waals surface area contributed by atoms with Crippen molar-refractivity contribution in [2.75, 3.05) is 0 Å². The van der Waals surface area contributed by atoms with Gasteiger partial charge >= 0.3 is 84.7 Å². The molecule has 0 heterocycles. The van der Waals surface area contributed by atoms with Crippen LogP contribution >= 0.6 is 46.9 Å². The molecule has 0 amide bonds. The number of hydrogen-bond donors (Lipinski definition) is 18. The molecule has 0 atom stereocenters. The molecule has 0 fully saturated rings. The molecule has 0 aromatic carbocycles. The fraction of sp³-hybridized carbons (Fsp3) is 0. The Labute approximate surface area is 210 Å². The van der Waals surface area contributed by atoms with E-state index in [2.05, 4.69) is 0 Å². The molecule has 0 rings (SSSR count). The molecule has 0 unspecified atom stereocenters. The third-order valence-corrected chi connectivity index (χ3v) is 0. The van der Waals surface area contributed by atoms with E-state index in [-0.39, 0.29) is 48.7 Å². The van der Waals surface area contributed by atoms with Gasteiger partial charge in [-0.15, -0.1) is 0 Å². The van der Waals surface area contributed by atoms with Crippen molar-refractivity contribution in [3.63, 3.8) is 0 Å². The van der Waals surface area contributed by atoms with Crippen molar-refractivity contribution in [1.29, 1.82) is 0 Å². The summed E-state index contributed by atoms with van der Waals surface area (Å²) in [6.07, 6.45) is 0. The summed E-state index contributed by atoms with van der Waals surface area (Å²) in [7, 11) is -27.8. The maximum Gasteiger partial charge on any atom is 2.00 e. The van der Waals surface area contributed by atoms with Crippen LogP contribution in [0.5, 0.6) is 0 Å². The number of phosphoric acid groups is 6. The molecule has 26 nitrogen and oxygen atoms in total. The minimum atomic E-state index is -4.64. The van der Waals surface area contributed by atoms with Crippen LogP contribution in [0, 0.1) is 0 Å². The first-order chi connectivity index (χ1) is 12.0. The van der Waals surface area contributed by atoms with Gasteiger partial charge in [0.1, 0.15) is 0 Å². The molecule has 33 heavy (non-hydrogen) atoms. The second-order valence-electron chi connectivity index (χ2n) is 3.08. The number of rotatable bonds is 0. The van der Waals surface area contributed by atoms with Crippen LogP contribution in [0.4, 0.5) is 0 Å². The van der Waals surface area contributed by atoms with Crippen molar-refractivity contribution < 1.29 is 126 Å². The summed E-state index contributed by atoms with van der Waals surface area (Å²) >= 11 is 0. The van der Waals surface area contributed by atoms with E-state index >= 15 is 0 Å². The monoisotopic (exact) mass is 662 g/mol. The van der Waals surface area contributed by atoms with Crippen LogP contribution in [0.2, 0.25) is 0 Å². The Morgan fingerprint density at radius 1 is 0.242 bits per heavy atom. The van der Waals surface area contributed by atoms with E-state index in [1.807, 2.05) is 0 Å². The molecule has 0 radical (unpaired) electrons. The molecule has 0 aliphatic carbocycles. The van der Waals surface area contributed by atoms with E-state index < -0.39 is 46.9 Å². The largest absolute Gasteiger partial charge is 2.00 e. The van der Waals surface area contributed by atoms with Crippen LogP contribution in [0.1, 0.15) is 0 Å². The number of hydrogen-bond acceptors (Lipinski definition) is 8. The Morgan fingerprint density at radius 2 is 0.242 bits per heavy atom. The van der Waals surface area contributed by atoms with Crippen LogP contribution < -0.4 is 0 Å². The zero-order valence-electron chi connectivity index (χ0n) is 14.8. The maximum atomic E-state index is 8.88. The summed E-state index contributed by atoms with van der Waals surface area (Å²) in [6.45, 7) is 0. The average molecular weight is 662 g/mol. The van der Waals surface area contributed by atoms with E-state index in [0.29, 0.717) is 0 Å². The van der Waals surface area contributed by atoms with Crippen LogP contribution in [-0.4, -0.2) is 137 Å². The molecular formula is H20CaO26P6. The van der Waals surface area contributed by atoms with Gasteiger partial charge in [-0.1, -0.05) is 0 Å². The first-order valence-electron chi connectivity index (χ1n) is 4.70. The molecule has 20 N–H and O–H groups in total. The Morgan fingerprint density at radius 3 is 0.242 bits per heavy atom. The van der Waals surface area contributed by atoms with E-state index in [4.69, 9.17) is 115 Å². The van der Waals surface area contributed by atoms with Crippen LogP contribution in [0.3, 0.4) is 0 Å². The zero-order chi connectivity index (χ0) is 27.0. The third kappa shape index (κ3) is 10100. The standard InChI is InChI=1S/Ca.6H3O4P.2H2O/c;6*1-5(2,3)4;;/h;6*(H3,1,2,3,4);2*1H2/q+2;;;;;;;;/p-2. The molecule has 0 saturated carbocycles. The third-order valence-electron chi connectivity index (χ3n) is 0. The smallest absolute Gasteiger partial charge is 0.870 e. The Kier molecular flexibility index (Phi) is 46.1. The summed E-state index contributed by atoms with van der Waals surface area (Å²) in [5.74, 6) is 0. The maximum absolute atomic E-state index is 8.88. The molecule has 0 aliphatic rings. The van der Waals surface area contributed by atoms with Crippen LogP contribution in [0.15, 0.2) is 0 Å². The molecule has 0 bridgehead atoms. The van der Waals surface area contributed by atoms with Gasteiger partial charge in [0.05, 0.1) is 0 Å². The summed E-state index contributed by atoms with van der Waals surface area (Å²) in [5.41, 5.74) is 0. The van der Waals surface area contributed by atoms with Gasteiger partial charge in [-0.3, -0.25) is 0 Å². The minimum Gasteiger partial charge on any atom is -0.870 e. The van der Waals surface area contributed by atoms with Gasteiger partial charge in [-0.25, -0.2) is 27.4 Å². The normalized spacial score (nSPS) is 10.7. The van der Waals surface area contributed by atoms with E-state index in [1.165, 1.54) is 0 Å². The molecule has 0 spiro atoms. The van der Waals surface area contributed by atoms with Crippen LogP contribution in [-0.2, 0) is 27.4 Å². The van der Waals surface area contributed by atoms with Gasteiger partial charge in [0.2, 0.25) is 0 Å². The summed E-state index contributed by atoms with van der Waals surface area (Å²) in [5, 5.41) is 0. The fourth-order valence-corrected chi connectivity index (χ4v) is 0. The second-order valence-corrected chi connectivity index (χ2v) is 9.24. The topological polar surface area (TPSA) is 527 Å². The van der Waals surface area contributed by atoms with E-state index in [1.54, 1.807) is 0 Å². The van der Waals surface area contributed by atoms with E-state index in [9.17, 15) is 0 Å². The van der Waals surface area contributed by atoms with Crippen molar-refractivity contribution in [3.05, 3.63) is 0 Å². The predicted octanol–water partition coefficient (Wildman–Crippen LogP) is -6.31. The summed E-state index contributed by atoms with van der Waals surface area (Å²) in [6, 6.07) is 0. The zero-order valence-corrected chi connectivity index (χ0v) is 22.4. The minimum absolute atomic E-state index is 0. The van der Waals surface area contributed by atoms with Gasteiger partial charge in [-0.05, 0) is 0 Å². The first kappa shape index (κ1) is 59.8. The van der Waals surface area contributed by atoms with Gasteiger partial charge < -0.3 is 99.0 Å². The predicted molar refractivity (Wildman–Crippen MR) is 95.2 cm³/mol. The molecule has 33 heteroatoms. The summed E-state index contributed by atoms with van der Waals surface area (Å²) in [4.78, 5) is 129. The van der Waals surface area contributed by atoms with Gasteiger partial charge in [0.25, 0.3) is 0 Å². The van der Waals surface area contributed by atoms with Crippen molar-refractivity contribution in [2.24, 2.45) is 0 Å². The van der Waals surface area contributed by atoms with Crippen molar-refractivity contribution >= 4 is 84.7 Å².